The lowest BCUT2D eigenvalue weighted by Gasteiger charge is -2.71. The zero-order valence-electron chi connectivity index (χ0n) is 26.5. The van der Waals surface area contributed by atoms with Crippen LogP contribution in [0.5, 0.6) is 0 Å². The highest BCUT2D eigenvalue weighted by molar-refractivity contribution is 7.14. The summed E-state index contributed by atoms with van der Waals surface area (Å²) < 4.78 is 0. The normalized spacial score (nSPS) is 42.9. The van der Waals surface area contributed by atoms with Crippen molar-refractivity contribution in [3.63, 3.8) is 0 Å². The average Bonchev–Trinajstić information content (AvgIpc) is 3.57. The molecule has 3 saturated carbocycles. The van der Waals surface area contributed by atoms with E-state index < -0.39 is 5.60 Å². The lowest BCUT2D eigenvalue weighted by atomic mass is 9.32. The van der Waals surface area contributed by atoms with Crippen LogP contribution >= 0.6 is 11.3 Å². The number of aliphatic hydroxyl groups is 2. The molecule has 4 fully saturated rings. The third-order valence-electron chi connectivity index (χ3n) is 13.8. The summed E-state index contributed by atoms with van der Waals surface area (Å²) in [5, 5.41) is 23.7. The molecule has 0 aromatic carbocycles. The number of β-amino-alcohol motifs (C(OH)–C–C–N with tert-alkyl or cyclic N) is 1. The number of anilines is 1. The first-order valence-electron chi connectivity index (χ1n) is 16.9. The number of thiophene rings is 1. The topological polar surface area (TPSA) is 76.9 Å². The third kappa shape index (κ3) is 3.82. The SMILES string of the molecule is Cc1ccc(C(=O)C2=CC34C=CC25C(CCC2(C)C5CCC2(O)CN2CCN(c5ccccn5)CC2)C3(C)CCC(O)C4)s1. The molecule has 1 aliphatic heterocycles. The lowest BCUT2D eigenvalue weighted by molar-refractivity contribution is -0.176. The molecule has 2 aromatic rings. The van der Waals surface area contributed by atoms with Crippen LogP contribution in [0, 0.1) is 40.4 Å². The highest BCUT2D eigenvalue weighted by Crippen LogP contribution is 2.78. The number of nitrogens with zero attached hydrogens (tertiary/aromatic N) is 3. The van der Waals surface area contributed by atoms with Crippen LogP contribution in [0.1, 0.15) is 73.3 Å². The first-order valence-corrected chi connectivity index (χ1v) is 17.7. The molecule has 2 spiro atoms. The number of aryl methyl sites for hydroxylation is 1. The van der Waals surface area contributed by atoms with E-state index in [1.807, 2.05) is 24.4 Å². The lowest BCUT2D eigenvalue weighted by Crippen LogP contribution is -2.67. The Kier molecular flexibility index (Phi) is 6.51. The van der Waals surface area contributed by atoms with E-state index >= 15 is 0 Å². The van der Waals surface area contributed by atoms with Crippen molar-refractivity contribution < 1.29 is 15.0 Å². The van der Waals surface area contributed by atoms with Gasteiger partial charge >= 0.3 is 0 Å². The van der Waals surface area contributed by atoms with Crippen LogP contribution in [0.4, 0.5) is 5.82 Å². The van der Waals surface area contributed by atoms with Crippen molar-refractivity contribution in [3.05, 3.63) is 70.1 Å². The van der Waals surface area contributed by atoms with E-state index in [2.05, 4.69) is 65.9 Å². The molecule has 8 atom stereocenters. The van der Waals surface area contributed by atoms with Crippen LogP contribution in [-0.4, -0.2) is 70.3 Å². The highest BCUT2D eigenvalue weighted by atomic mass is 32.1. The summed E-state index contributed by atoms with van der Waals surface area (Å²) in [4.78, 5) is 25.9. The van der Waals surface area contributed by atoms with Gasteiger partial charge in [-0.25, -0.2) is 4.98 Å². The number of pyridine rings is 1. The van der Waals surface area contributed by atoms with Crippen molar-refractivity contribution >= 4 is 22.9 Å². The van der Waals surface area contributed by atoms with Gasteiger partial charge in [0.25, 0.3) is 0 Å². The van der Waals surface area contributed by atoms with Crippen LogP contribution in [-0.2, 0) is 0 Å². The summed E-state index contributed by atoms with van der Waals surface area (Å²) in [6.45, 7) is 11.2. The minimum Gasteiger partial charge on any atom is -0.393 e. The second kappa shape index (κ2) is 9.84. The summed E-state index contributed by atoms with van der Waals surface area (Å²) in [5.41, 5.74) is -0.810. The molecule has 6 aliphatic carbocycles. The summed E-state index contributed by atoms with van der Waals surface area (Å²) in [6, 6.07) is 10.2. The maximum absolute atomic E-state index is 14.6. The second-order valence-electron chi connectivity index (χ2n) is 15.5. The summed E-state index contributed by atoms with van der Waals surface area (Å²) in [6.07, 6.45) is 14.9. The zero-order chi connectivity index (χ0) is 30.5. The maximum Gasteiger partial charge on any atom is 0.199 e. The van der Waals surface area contributed by atoms with Crippen LogP contribution in [0.25, 0.3) is 0 Å². The number of carbonyl (C=O) groups is 1. The van der Waals surface area contributed by atoms with Gasteiger partial charge in [-0.2, -0.15) is 0 Å². The molecule has 234 valence electrons. The van der Waals surface area contributed by atoms with Gasteiger partial charge in [-0.05, 0) is 93.4 Å². The molecule has 9 rings (SSSR count). The fraction of sp³-hybridized carbons (Fsp3) is 0.622. The van der Waals surface area contributed by atoms with Gasteiger partial charge in [-0.15, -0.1) is 11.3 Å². The van der Waals surface area contributed by atoms with Gasteiger partial charge in [0.2, 0.25) is 0 Å². The molecule has 2 bridgehead atoms. The van der Waals surface area contributed by atoms with Crippen molar-refractivity contribution in [1.82, 2.24) is 9.88 Å². The van der Waals surface area contributed by atoms with Gasteiger partial charge < -0.3 is 15.1 Å². The van der Waals surface area contributed by atoms with Crippen molar-refractivity contribution in [2.75, 3.05) is 37.6 Å². The van der Waals surface area contributed by atoms with Gasteiger partial charge in [0.1, 0.15) is 5.82 Å². The van der Waals surface area contributed by atoms with Gasteiger partial charge in [0.05, 0.1) is 16.6 Å². The van der Waals surface area contributed by atoms with E-state index in [4.69, 9.17) is 0 Å². The van der Waals surface area contributed by atoms with Crippen LogP contribution in [0.3, 0.4) is 0 Å². The molecule has 0 amide bonds. The molecule has 7 aliphatic rings. The Morgan fingerprint density at radius 3 is 2.45 bits per heavy atom. The smallest absolute Gasteiger partial charge is 0.199 e. The first kappa shape index (κ1) is 29.1. The third-order valence-corrected chi connectivity index (χ3v) is 14.8. The molecule has 2 N–H and O–H groups in total. The Balaban J connectivity index is 1.14. The van der Waals surface area contributed by atoms with E-state index in [9.17, 15) is 15.0 Å². The summed E-state index contributed by atoms with van der Waals surface area (Å²) in [7, 11) is 0. The standard InChI is InChI=1S/C37H47N3O3S/c1-25-7-8-28(44-25)32(42)27-23-35-15-16-37(27)29(33(35,2)12-9-26(41)22-35)10-13-34(3)30(37)11-14-36(34,43)24-39-18-20-40(21-19-39)31-6-4-5-17-38-31/h4-8,15-17,23,26,29-30,41,43H,9-14,18-22,24H2,1-3H3. The summed E-state index contributed by atoms with van der Waals surface area (Å²) >= 11 is 1.60. The van der Waals surface area contributed by atoms with Gasteiger partial charge in [-0.1, -0.05) is 38.1 Å². The van der Waals surface area contributed by atoms with Gasteiger partial charge in [-0.3, -0.25) is 9.69 Å². The van der Waals surface area contributed by atoms with Crippen molar-refractivity contribution in [2.45, 2.75) is 77.4 Å². The number of aromatic nitrogens is 1. The number of piperazine rings is 1. The van der Waals surface area contributed by atoms with Crippen molar-refractivity contribution in [3.8, 4) is 0 Å². The highest BCUT2D eigenvalue weighted by Gasteiger charge is 2.74. The van der Waals surface area contributed by atoms with E-state index in [0.29, 0.717) is 18.9 Å². The fourth-order valence-electron chi connectivity index (χ4n) is 11.3. The molecule has 1 saturated heterocycles. The zero-order valence-corrected chi connectivity index (χ0v) is 27.3. The quantitative estimate of drug-likeness (QED) is 0.316. The van der Waals surface area contributed by atoms with Gasteiger partial charge in [0.15, 0.2) is 5.78 Å². The summed E-state index contributed by atoms with van der Waals surface area (Å²) in [5.74, 6) is 1.73. The Hall–Kier alpha value is -2.32. The second-order valence-corrected chi connectivity index (χ2v) is 16.8. The Bertz CT molecular complexity index is 1530. The van der Waals surface area contributed by atoms with Crippen molar-refractivity contribution in [1.29, 1.82) is 0 Å². The number of aliphatic hydroxyl groups excluding tert-OH is 1. The predicted octanol–water partition coefficient (Wildman–Crippen LogP) is 6.05. The predicted molar refractivity (Wildman–Crippen MR) is 175 cm³/mol. The molecule has 0 radical (unpaired) electrons. The minimum absolute atomic E-state index is 0.0000353. The number of fused-ring (bicyclic) bond motifs is 1. The molecule has 44 heavy (non-hydrogen) atoms. The minimum atomic E-state index is -0.804. The number of rotatable bonds is 5. The number of carbonyl (C=O) groups excluding carboxylic acids is 1. The van der Waals surface area contributed by atoms with Crippen LogP contribution in [0.2, 0.25) is 0 Å². The fourth-order valence-corrected chi connectivity index (χ4v) is 12.2. The number of hydrogen-bond acceptors (Lipinski definition) is 7. The van der Waals surface area contributed by atoms with Gasteiger partial charge in [0, 0.05) is 65.6 Å². The number of allylic oxidation sites excluding steroid dienone is 4. The Labute approximate surface area is 265 Å². The Morgan fingerprint density at radius 2 is 1.73 bits per heavy atom. The molecule has 2 aromatic heterocycles. The number of Topliss-reactive ketones (excluding diaryl/α,β-unsaturated/α-hetero) is 1. The van der Waals surface area contributed by atoms with Crippen LogP contribution in [0.15, 0.2) is 60.3 Å². The average molecular weight is 614 g/mol. The molecule has 7 heteroatoms. The first-order chi connectivity index (χ1) is 21.0. The molecule has 8 unspecified atom stereocenters. The maximum atomic E-state index is 14.6. The number of hydrogen-bond donors (Lipinski definition) is 2. The van der Waals surface area contributed by atoms with Crippen molar-refractivity contribution in [2.24, 2.45) is 33.5 Å². The van der Waals surface area contributed by atoms with E-state index in [1.54, 1.807) is 11.3 Å². The monoisotopic (exact) mass is 613 g/mol. The van der Waals surface area contributed by atoms with E-state index in [0.717, 1.165) is 85.8 Å². The van der Waals surface area contributed by atoms with Crippen LogP contribution < -0.4 is 4.90 Å². The van der Waals surface area contributed by atoms with E-state index in [-0.39, 0.29) is 39.5 Å². The van der Waals surface area contributed by atoms with E-state index in [1.165, 1.54) is 0 Å². The Morgan fingerprint density at radius 1 is 0.977 bits per heavy atom. The molecular weight excluding hydrogens is 566 g/mol. The molecule has 6 nitrogen and oxygen atoms in total. The molecular formula is C37H47N3O3S. The number of ketones is 1. The molecule has 3 heterocycles. The largest absolute Gasteiger partial charge is 0.393 e.